The largest absolute Gasteiger partial charge is 0.326 e. The number of imidazole rings is 1. The summed E-state index contributed by atoms with van der Waals surface area (Å²) in [5.74, 6) is 1.08. The second-order valence-corrected chi connectivity index (χ2v) is 5.16. The maximum Gasteiger partial charge on any atom is 0.259 e. The van der Waals surface area contributed by atoms with E-state index >= 15 is 0 Å². The van der Waals surface area contributed by atoms with E-state index in [-0.39, 0.29) is 5.91 Å². The molecule has 0 aliphatic carbocycles. The number of anilines is 1. The molecule has 0 bridgehead atoms. The molecule has 3 aromatic rings. The SMILES string of the molecule is CC(=O)Nc1ccc2c(c1)[n+](C)c(C)n2-c1ccccc1. The predicted molar refractivity (Wildman–Crippen MR) is 83.5 cm³/mol. The number of amides is 1. The molecule has 0 atom stereocenters. The third-order valence-corrected chi connectivity index (χ3v) is 3.72. The summed E-state index contributed by atoms with van der Waals surface area (Å²) in [6.07, 6.45) is 0. The molecule has 0 fully saturated rings. The molecule has 4 heteroatoms. The minimum atomic E-state index is -0.0591. The van der Waals surface area contributed by atoms with Gasteiger partial charge in [-0.15, -0.1) is 0 Å². The van der Waals surface area contributed by atoms with Crippen LogP contribution >= 0.6 is 0 Å². The molecule has 2 aromatic carbocycles. The number of hydrogen-bond donors (Lipinski definition) is 1. The van der Waals surface area contributed by atoms with Crippen LogP contribution in [-0.4, -0.2) is 10.5 Å². The molecule has 1 amide bonds. The lowest BCUT2D eigenvalue weighted by Crippen LogP contribution is -2.30. The fourth-order valence-corrected chi connectivity index (χ4v) is 2.66. The zero-order valence-corrected chi connectivity index (χ0v) is 12.4. The van der Waals surface area contributed by atoms with Crippen molar-refractivity contribution in [3.63, 3.8) is 0 Å². The van der Waals surface area contributed by atoms with Crippen molar-refractivity contribution in [3.05, 3.63) is 54.4 Å². The van der Waals surface area contributed by atoms with E-state index in [2.05, 4.69) is 33.5 Å². The second kappa shape index (κ2) is 5.05. The molecule has 1 heterocycles. The Morgan fingerprint density at radius 1 is 1.14 bits per heavy atom. The highest BCUT2D eigenvalue weighted by Crippen LogP contribution is 2.22. The van der Waals surface area contributed by atoms with Crippen LogP contribution in [0, 0.1) is 6.92 Å². The normalized spacial score (nSPS) is 10.8. The number of aromatic nitrogens is 2. The first-order valence-electron chi connectivity index (χ1n) is 6.92. The van der Waals surface area contributed by atoms with Crippen molar-refractivity contribution in [2.24, 2.45) is 7.05 Å². The minimum absolute atomic E-state index is 0.0591. The Labute approximate surface area is 123 Å². The van der Waals surface area contributed by atoms with Crippen LogP contribution < -0.4 is 9.88 Å². The van der Waals surface area contributed by atoms with Crippen LogP contribution in [0.25, 0.3) is 16.7 Å². The number of carbonyl (C=O) groups is 1. The van der Waals surface area contributed by atoms with Gasteiger partial charge >= 0.3 is 0 Å². The summed E-state index contributed by atoms with van der Waals surface area (Å²) in [6, 6.07) is 16.2. The van der Waals surface area contributed by atoms with Gasteiger partial charge in [-0.25, -0.2) is 4.57 Å². The highest BCUT2D eigenvalue weighted by molar-refractivity contribution is 5.91. The maximum atomic E-state index is 11.2. The molecular weight excluding hydrogens is 262 g/mol. The molecule has 1 aromatic heterocycles. The van der Waals surface area contributed by atoms with Crippen LogP contribution in [-0.2, 0) is 11.8 Å². The van der Waals surface area contributed by atoms with E-state index in [1.807, 2.05) is 43.4 Å². The number of benzene rings is 2. The Morgan fingerprint density at radius 2 is 1.86 bits per heavy atom. The molecular formula is C17H18N3O+. The second-order valence-electron chi connectivity index (χ2n) is 5.16. The number of hydrogen-bond acceptors (Lipinski definition) is 1. The predicted octanol–water partition coefficient (Wildman–Crippen LogP) is 2.72. The van der Waals surface area contributed by atoms with Gasteiger partial charge in [0.1, 0.15) is 5.69 Å². The Kier molecular flexibility index (Phi) is 3.22. The van der Waals surface area contributed by atoms with Crippen LogP contribution in [0.2, 0.25) is 0 Å². The standard InChI is InChI=1S/C17H17N3O/c1-12(21)18-14-9-10-16-17(11-14)19(3)13(2)20(16)15-7-5-4-6-8-15/h4-11H,1-3H3/p+1. The van der Waals surface area contributed by atoms with Gasteiger partial charge in [-0.3, -0.25) is 4.79 Å². The zero-order valence-electron chi connectivity index (χ0n) is 12.4. The molecule has 106 valence electrons. The lowest BCUT2D eigenvalue weighted by atomic mass is 10.2. The van der Waals surface area contributed by atoms with Gasteiger partial charge in [0.15, 0.2) is 11.0 Å². The van der Waals surface area contributed by atoms with E-state index in [0.29, 0.717) is 0 Å². The van der Waals surface area contributed by atoms with Gasteiger partial charge < -0.3 is 5.32 Å². The van der Waals surface area contributed by atoms with Gasteiger partial charge in [0.25, 0.3) is 5.82 Å². The van der Waals surface area contributed by atoms with E-state index in [0.717, 1.165) is 28.2 Å². The lowest BCUT2D eigenvalue weighted by Gasteiger charge is -2.01. The third kappa shape index (κ3) is 2.29. The maximum absolute atomic E-state index is 11.2. The quantitative estimate of drug-likeness (QED) is 0.720. The fourth-order valence-electron chi connectivity index (χ4n) is 2.66. The fraction of sp³-hybridized carbons (Fsp3) is 0.176. The minimum Gasteiger partial charge on any atom is -0.326 e. The van der Waals surface area contributed by atoms with Crippen LogP contribution in [0.5, 0.6) is 0 Å². The van der Waals surface area contributed by atoms with Crippen molar-refractivity contribution in [2.45, 2.75) is 13.8 Å². The lowest BCUT2D eigenvalue weighted by molar-refractivity contribution is -0.652. The van der Waals surface area contributed by atoms with Crippen molar-refractivity contribution in [2.75, 3.05) is 5.32 Å². The molecule has 0 unspecified atom stereocenters. The molecule has 0 radical (unpaired) electrons. The first-order chi connectivity index (χ1) is 10.1. The Balaban J connectivity index is 2.23. The molecule has 0 aliphatic rings. The number of para-hydroxylation sites is 1. The molecule has 4 nitrogen and oxygen atoms in total. The van der Waals surface area contributed by atoms with E-state index in [9.17, 15) is 4.79 Å². The summed E-state index contributed by atoms with van der Waals surface area (Å²) in [5, 5.41) is 2.83. The molecule has 0 saturated carbocycles. The van der Waals surface area contributed by atoms with Gasteiger partial charge in [0, 0.05) is 25.6 Å². The summed E-state index contributed by atoms with van der Waals surface area (Å²) < 4.78 is 4.35. The Morgan fingerprint density at radius 3 is 2.52 bits per heavy atom. The van der Waals surface area contributed by atoms with Crippen molar-refractivity contribution < 1.29 is 9.36 Å². The van der Waals surface area contributed by atoms with Gasteiger partial charge in [-0.2, -0.15) is 4.57 Å². The molecule has 0 saturated heterocycles. The summed E-state index contributed by atoms with van der Waals surface area (Å²) in [6.45, 7) is 3.61. The van der Waals surface area contributed by atoms with Gasteiger partial charge in [0.05, 0.1) is 7.05 Å². The number of aryl methyl sites for hydroxylation is 1. The summed E-state index contributed by atoms with van der Waals surface area (Å²) in [5.41, 5.74) is 4.15. The number of carbonyl (C=O) groups excluding carboxylic acids is 1. The van der Waals surface area contributed by atoms with E-state index in [1.165, 1.54) is 6.92 Å². The van der Waals surface area contributed by atoms with Crippen LogP contribution in [0.15, 0.2) is 48.5 Å². The van der Waals surface area contributed by atoms with Crippen LogP contribution in [0.3, 0.4) is 0 Å². The molecule has 0 aliphatic heterocycles. The summed E-state index contributed by atoms with van der Waals surface area (Å²) >= 11 is 0. The first-order valence-corrected chi connectivity index (χ1v) is 6.92. The molecule has 0 spiro atoms. The van der Waals surface area contributed by atoms with Gasteiger partial charge in [0.2, 0.25) is 5.91 Å². The summed E-state index contributed by atoms with van der Waals surface area (Å²) in [4.78, 5) is 11.2. The van der Waals surface area contributed by atoms with E-state index < -0.39 is 0 Å². The third-order valence-electron chi connectivity index (χ3n) is 3.72. The monoisotopic (exact) mass is 280 g/mol. The zero-order chi connectivity index (χ0) is 15.0. The smallest absolute Gasteiger partial charge is 0.259 e. The highest BCUT2D eigenvalue weighted by Gasteiger charge is 2.20. The van der Waals surface area contributed by atoms with E-state index in [1.54, 1.807) is 0 Å². The van der Waals surface area contributed by atoms with Gasteiger partial charge in [-0.05, 0) is 24.3 Å². The van der Waals surface area contributed by atoms with Gasteiger partial charge in [-0.1, -0.05) is 18.2 Å². The number of nitrogens with one attached hydrogen (secondary N) is 1. The molecule has 3 rings (SSSR count). The number of nitrogens with zero attached hydrogens (tertiary/aromatic N) is 2. The Bertz CT molecular complexity index is 819. The van der Waals surface area contributed by atoms with Crippen LogP contribution in [0.4, 0.5) is 5.69 Å². The van der Waals surface area contributed by atoms with Crippen molar-refractivity contribution in [3.8, 4) is 5.69 Å². The topological polar surface area (TPSA) is 37.9 Å². The van der Waals surface area contributed by atoms with E-state index in [4.69, 9.17) is 0 Å². The van der Waals surface area contributed by atoms with Crippen LogP contribution in [0.1, 0.15) is 12.7 Å². The highest BCUT2D eigenvalue weighted by atomic mass is 16.1. The van der Waals surface area contributed by atoms with Crippen molar-refractivity contribution in [1.29, 1.82) is 0 Å². The van der Waals surface area contributed by atoms with Crippen molar-refractivity contribution >= 4 is 22.6 Å². The first kappa shape index (κ1) is 13.4. The molecule has 1 N–H and O–H groups in total. The van der Waals surface area contributed by atoms with Crippen molar-refractivity contribution in [1.82, 2.24) is 4.57 Å². The number of rotatable bonds is 2. The number of fused-ring (bicyclic) bond motifs is 1. The molecule has 21 heavy (non-hydrogen) atoms. The average Bonchev–Trinajstić information content (AvgIpc) is 2.71. The average molecular weight is 280 g/mol. The Hall–Kier alpha value is -2.62. The summed E-state index contributed by atoms with van der Waals surface area (Å²) in [7, 11) is 2.04.